The van der Waals surface area contributed by atoms with Crippen LogP contribution in [0.25, 0.3) is 0 Å². The van der Waals surface area contributed by atoms with Gasteiger partial charge in [0, 0.05) is 11.1 Å². The minimum absolute atomic E-state index is 0.691. The van der Waals surface area contributed by atoms with E-state index in [4.69, 9.17) is 12.2 Å². The van der Waals surface area contributed by atoms with E-state index in [1.807, 2.05) is 12.1 Å². The summed E-state index contributed by atoms with van der Waals surface area (Å²) < 4.78 is 0.691. The lowest BCUT2D eigenvalue weighted by atomic mass is 10.5. The molecule has 3 heteroatoms. The first-order valence-electron chi connectivity index (χ1n) is 2.17. The predicted molar refractivity (Wildman–Crippen MR) is 38.9 cm³/mol. The second-order valence-corrected chi connectivity index (χ2v) is 2.27. The lowest BCUT2D eigenvalue weighted by Gasteiger charge is -1.85. The highest BCUT2D eigenvalue weighted by molar-refractivity contribution is 7.81. The van der Waals surface area contributed by atoms with Crippen LogP contribution in [0.3, 0.4) is 0 Å². The zero-order chi connectivity index (χ0) is 5.98. The van der Waals surface area contributed by atoms with Crippen LogP contribution in [0.1, 0.15) is 0 Å². The highest BCUT2D eigenvalue weighted by atomic mass is 32.1. The minimum Gasteiger partial charge on any atom is -0.352 e. The zero-order valence-corrected chi connectivity index (χ0v) is 5.80. The Kier molecular flexibility index (Phi) is 1.70. The predicted octanol–water partition coefficient (Wildman–Crippen LogP) is 2.03. The quantitative estimate of drug-likeness (QED) is 0.419. The lowest BCUT2D eigenvalue weighted by molar-refractivity contribution is 1.21. The van der Waals surface area contributed by atoms with Gasteiger partial charge in [0.25, 0.3) is 0 Å². The van der Waals surface area contributed by atoms with E-state index in [1.54, 1.807) is 6.20 Å². The van der Waals surface area contributed by atoms with Crippen molar-refractivity contribution < 1.29 is 0 Å². The maximum Gasteiger partial charge on any atom is 0.116 e. The summed E-state index contributed by atoms with van der Waals surface area (Å²) in [5.41, 5.74) is 0. The van der Waals surface area contributed by atoms with Crippen molar-refractivity contribution in [2.75, 3.05) is 0 Å². The molecule has 0 bridgehead atoms. The van der Waals surface area contributed by atoms with E-state index in [0.29, 0.717) is 4.64 Å². The van der Waals surface area contributed by atoms with Gasteiger partial charge in [-0.1, -0.05) is 12.2 Å². The Morgan fingerprint density at radius 1 is 1.62 bits per heavy atom. The molecule has 0 spiro atoms. The molecule has 0 unspecified atom stereocenters. The summed E-state index contributed by atoms with van der Waals surface area (Å²) in [5, 5.41) is 0. The summed E-state index contributed by atoms with van der Waals surface area (Å²) >= 11 is 8.88. The van der Waals surface area contributed by atoms with Gasteiger partial charge in [0.15, 0.2) is 0 Å². The van der Waals surface area contributed by atoms with E-state index in [-0.39, 0.29) is 0 Å². The summed E-state index contributed by atoms with van der Waals surface area (Å²) in [5.74, 6) is 0. The Morgan fingerprint density at radius 2 is 2.38 bits per heavy atom. The fraction of sp³-hybridized carbons (Fsp3) is 0. The number of nitrogens with one attached hydrogen (secondary N) is 1. The molecule has 1 aromatic rings. The Hall–Kier alpha value is -0.280. The highest BCUT2D eigenvalue weighted by Gasteiger charge is 1.80. The SMILES string of the molecule is S=c1[nH]cccc1S. The standard InChI is InChI=1S/C5H5NS2/c7-4-2-1-3-6-5(4)8/h1-3,7H,(H,6,8). The first-order valence-corrected chi connectivity index (χ1v) is 3.03. The van der Waals surface area contributed by atoms with Crippen LogP contribution in [0.15, 0.2) is 23.2 Å². The molecule has 1 N–H and O–H groups in total. The fourth-order valence-electron chi connectivity index (χ4n) is 0.413. The molecule has 0 amide bonds. The zero-order valence-electron chi connectivity index (χ0n) is 4.09. The van der Waals surface area contributed by atoms with E-state index in [9.17, 15) is 0 Å². The first-order chi connectivity index (χ1) is 3.80. The third kappa shape index (κ3) is 1.11. The van der Waals surface area contributed by atoms with Crippen molar-refractivity contribution >= 4 is 24.8 Å². The van der Waals surface area contributed by atoms with Crippen LogP contribution >= 0.6 is 24.8 Å². The largest absolute Gasteiger partial charge is 0.352 e. The van der Waals surface area contributed by atoms with Crippen LogP contribution in [0.5, 0.6) is 0 Å². The summed E-state index contributed by atoms with van der Waals surface area (Å²) in [6.07, 6.45) is 1.78. The van der Waals surface area contributed by atoms with E-state index in [1.165, 1.54) is 0 Å². The van der Waals surface area contributed by atoms with Crippen molar-refractivity contribution in [3.63, 3.8) is 0 Å². The number of hydrogen-bond donors (Lipinski definition) is 2. The second-order valence-electron chi connectivity index (χ2n) is 1.38. The van der Waals surface area contributed by atoms with Gasteiger partial charge in [0.2, 0.25) is 0 Å². The molecule has 0 aliphatic rings. The van der Waals surface area contributed by atoms with Crippen molar-refractivity contribution in [3.05, 3.63) is 23.0 Å². The van der Waals surface area contributed by atoms with Crippen LogP contribution in [0, 0.1) is 4.64 Å². The van der Waals surface area contributed by atoms with E-state index in [0.717, 1.165) is 4.90 Å². The molecule has 1 rings (SSSR count). The molecule has 0 saturated carbocycles. The van der Waals surface area contributed by atoms with Crippen molar-refractivity contribution in [1.82, 2.24) is 4.98 Å². The summed E-state index contributed by atoms with van der Waals surface area (Å²) in [6, 6.07) is 3.71. The third-order valence-electron chi connectivity index (χ3n) is 0.797. The molecule has 0 aliphatic heterocycles. The molecule has 1 aromatic heterocycles. The molecule has 0 radical (unpaired) electrons. The monoisotopic (exact) mass is 143 g/mol. The molecule has 0 saturated heterocycles. The van der Waals surface area contributed by atoms with Crippen molar-refractivity contribution in [1.29, 1.82) is 0 Å². The molecule has 0 aliphatic carbocycles. The Bertz CT molecular complexity index is 228. The molecular formula is C5H5NS2. The lowest BCUT2D eigenvalue weighted by Crippen LogP contribution is -1.71. The molecule has 0 aromatic carbocycles. The number of thiol groups is 1. The summed E-state index contributed by atoms with van der Waals surface area (Å²) in [7, 11) is 0. The molecule has 42 valence electrons. The Morgan fingerprint density at radius 3 is 2.75 bits per heavy atom. The van der Waals surface area contributed by atoms with Crippen LogP contribution in [0.2, 0.25) is 0 Å². The van der Waals surface area contributed by atoms with E-state index in [2.05, 4.69) is 17.6 Å². The smallest absolute Gasteiger partial charge is 0.116 e. The van der Waals surface area contributed by atoms with Crippen LogP contribution in [-0.4, -0.2) is 4.98 Å². The van der Waals surface area contributed by atoms with Gasteiger partial charge in [0.05, 0.1) is 0 Å². The van der Waals surface area contributed by atoms with Crippen LogP contribution in [0.4, 0.5) is 0 Å². The van der Waals surface area contributed by atoms with Gasteiger partial charge >= 0.3 is 0 Å². The van der Waals surface area contributed by atoms with Gasteiger partial charge in [-0.15, -0.1) is 12.6 Å². The molecule has 1 nitrogen and oxygen atoms in total. The van der Waals surface area contributed by atoms with Crippen molar-refractivity contribution in [2.45, 2.75) is 4.90 Å². The average molecular weight is 143 g/mol. The highest BCUT2D eigenvalue weighted by Crippen LogP contribution is 2.02. The van der Waals surface area contributed by atoms with Crippen LogP contribution in [-0.2, 0) is 0 Å². The Labute approximate surface area is 58.2 Å². The molecule has 0 atom stereocenters. The maximum atomic E-state index is 4.82. The van der Waals surface area contributed by atoms with E-state index < -0.39 is 0 Å². The molecule has 1 heterocycles. The fourth-order valence-corrected chi connectivity index (χ4v) is 0.699. The van der Waals surface area contributed by atoms with Gasteiger partial charge in [0.1, 0.15) is 4.64 Å². The van der Waals surface area contributed by atoms with Gasteiger partial charge in [-0.05, 0) is 12.1 Å². The van der Waals surface area contributed by atoms with Gasteiger partial charge in [-0.25, -0.2) is 0 Å². The second kappa shape index (κ2) is 2.33. The number of hydrogen-bond acceptors (Lipinski definition) is 2. The number of rotatable bonds is 0. The number of pyridine rings is 1. The maximum absolute atomic E-state index is 4.82. The summed E-state index contributed by atoms with van der Waals surface area (Å²) in [6.45, 7) is 0. The Balaban J connectivity index is 3.35. The molecule has 0 fully saturated rings. The van der Waals surface area contributed by atoms with E-state index >= 15 is 0 Å². The first kappa shape index (κ1) is 5.85. The van der Waals surface area contributed by atoms with Crippen molar-refractivity contribution in [3.8, 4) is 0 Å². The average Bonchev–Trinajstić information content (AvgIpc) is 1.77. The number of aromatic amines is 1. The van der Waals surface area contributed by atoms with Crippen LogP contribution < -0.4 is 0 Å². The van der Waals surface area contributed by atoms with Gasteiger partial charge in [-0.2, -0.15) is 0 Å². The van der Waals surface area contributed by atoms with Crippen molar-refractivity contribution in [2.24, 2.45) is 0 Å². The third-order valence-corrected chi connectivity index (χ3v) is 1.66. The summed E-state index contributed by atoms with van der Waals surface area (Å²) in [4.78, 5) is 3.66. The number of H-pyrrole nitrogens is 1. The van der Waals surface area contributed by atoms with Gasteiger partial charge < -0.3 is 4.98 Å². The normalized spacial score (nSPS) is 9.12. The molecule has 8 heavy (non-hydrogen) atoms. The topological polar surface area (TPSA) is 15.8 Å². The van der Waals surface area contributed by atoms with Gasteiger partial charge in [-0.3, -0.25) is 0 Å². The minimum atomic E-state index is 0.691. The molecular weight excluding hydrogens is 138 g/mol. The number of aromatic nitrogens is 1.